The molecule has 16 heavy (non-hydrogen) atoms. The van der Waals surface area contributed by atoms with Gasteiger partial charge in [-0.25, -0.2) is 9.97 Å². The molecule has 0 bridgehead atoms. The third-order valence-corrected chi connectivity index (χ3v) is 2.69. The molecule has 4 heteroatoms. The molecular formula is C12H12BrN3. The lowest BCUT2D eigenvalue weighted by Crippen LogP contribution is -2.03. The van der Waals surface area contributed by atoms with Crippen molar-refractivity contribution in [2.24, 2.45) is 0 Å². The highest BCUT2D eigenvalue weighted by atomic mass is 79.9. The second-order valence-electron chi connectivity index (χ2n) is 3.50. The van der Waals surface area contributed by atoms with Crippen LogP contribution in [-0.2, 0) is 6.54 Å². The number of anilines is 1. The van der Waals surface area contributed by atoms with Crippen LogP contribution in [0.3, 0.4) is 0 Å². The summed E-state index contributed by atoms with van der Waals surface area (Å²) in [7, 11) is 0. The number of nitrogens with zero attached hydrogens (tertiary/aromatic N) is 2. The molecule has 0 atom stereocenters. The summed E-state index contributed by atoms with van der Waals surface area (Å²) in [6.45, 7) is 2.68. The summed E-state index contributed by atoms with van der Waals surface area (Å²) in [5, 5.41) is 3.18. The number of hydrogen-bond acceptors (Lipinski definition) is 3. The molecule has 0 saturated heterocycles. The Morgan fingerprint density at radius 3 is 2.62 bits per heavy atom. The molecular weight excluding hydrogens is 266 g/mol. The van der Waals surface area contributed by atoms with Crippen LogP contribution < -0.4 is 5.32 Å². The van der Waals surface area contributed by atoms with Gasteiger partial charge in [-0.05, 0) is 30.7 Å². The van der Waals surface area contributed by atoms with Crippen LogP contribution in [0.1, 0.15) is 11.3 Å². The number of aryl methyl sites for hydroxylation is 1. The van der Waals surface area contributed by atoms with Crippen LogP contribution in [0.5, 0.6) is 0 Å². The van der Waals surface area contributed by atoms with E-state index in [1.54, 1.807) is 6.20 Å². The second-order valence-corrected chi connectivity index (χ2v) is 4.42. The second kappa shape index (κ2) is 5.07. The first-order valence-corrected chi connectivity index (χ1v) is 5.81. The lowest BCUT2D eigenvalue weighted by atomic mass is 10.2. The van der Waals surface area contributed by atoms with Gasteiger partial charge in [0.05, 0.1) is 0 Å². The van der Waals surface area contributed by atoms with Gasteiger partial charge >= 0.3 is 0 Å². The van der Waals surface area contributed by atoms with Gasteiger partial charge in [-0.3, -0.25) is 0 Å². The Hall–Kier alpha value is -1.42. The first kappa shape index (κ1) is 11.1. The van der Waals surface area contributed by atoms with Crippen molar-refractivity contribution in [2.45, 2.75) is 13.5 Å². The molecule has 82 valence electrons. The van der Waals surface area contributed by atoms with E-state index in [4.69, 9.17) is 0 Å². The zero-order chi connectivity index (χ0) is 11.4. The van der Waals surface area contributed by atoms with Gasteiger partial charge in [0.2, 0.25) is 5.95 Å². The van der Waals surface area contributed by atoms with Crippen LogP contribution in [0.15, 0.2) is 41.0 Å². The third kappa shape index (κ3) is 3.03. The summed E-state index contributed by atoms with van der Waals surface area (Å²) in [6, 6.07) is 10.0. The Morgan fingerprint density at radius 1 is 1.19 bits per heavy atom. The van der Waals surface area contributed by atoms with E-state index in [9.17, 15) is 0 Å². The Bertz CT molecular complexity index is 468. The SMILES string of the molecule is Cc1ccnc(NCc2ccc(Br)cc2)n1. The maximum absolute atomic E-state index is 4.27. The smallest absolute Gasteiger partial charge is 0.223 e. The minimum atomic E-state index is 0.669. The third-order valence-electron chi connectivity index (χ3n) is 2.16. The molecule has 2 aromatic rings. The van der Waals surface area contributed by atoms with Gasteiger partial charge in [0.25, 0.3) is 0 Å². The summed E-state index contributed by atoms with van der Waals surface area (Å²) < 4.78 is 1.09. The first-order chi connectivity index (χ1) is 7.74. The van der Waals surface area contributed by atoms with E-state index in [0.717, 1.165) is 16.7 Å². The molecule has 0 amide bonds. The summed E-state index contributed by atoms with van der Waals surface area (Å²) in [5.41, 5.74) is 2.17. The average Bonchev–Trinajstić information content (AvgIpc) is 2.28. The minimum absolute atomic E-state index is 0.669. The normalized spacial score (nSPS) is 10.1. The standard InChI is InChI=1S/C12H12BrN3/c1-9-6-7-14-12(16-9)15-8-10-2-4-11(13)5-3-10/h2-7H,8H2,1H3,(H,14,15,16). The van der Waals surface area contributed by atoms with Gasteiger partial charge in [0, 0.05) is 22.9 Å². The summed E-state index contributed by atoms with van der Waals surface area (Å²) in [4.78, 5) is 8.42. The molecule has 1 N–H and O–H groups in total. The Kier molecular flexibility index (Phi) is 3.51. The number of nitrogens with one attached hydrogen (secondary N) is 1. The molecule has 0 saturated carbocycles. The van der Waals surface area contributed by atoms with Gasteiger partial charge in [-0.2, -0.15) is 0 Å². The van der Waals surface area contributed by atoms with Gasteiger partial charge in [0.15, 0.2) is 0 Å². The summed E-state index contributed by atoms with van der Waals surface area (Å²) >= 11 is 3.41. The van der Waals surface area contributed by atoms with Crippen LogP contribution in [0, 0.1) is 6.92 Å². The average molecular weight is 278 g/mol. The van der Waals surface area contributed by atoms with Crippen LogP contribution in [0.25, 0.3) is 0 Å². The topological polar surface area (TPSA) is 37.8 Å². The molecule has 0 aliphatic carbocycles. The Labute approximate surface area is 103 Å². The molecule has 0 aliphatic rings. The van der Waals surface area contributed by atoms with Gasteiger partial charge < -0.3 is 5.32 Å². The summed E-state index contributed by atoms with van der Waals surface area (Å²) in [5.74, 6) is 0.669. The van der Waals surface area contributed by atoms with E-state index < -0.39 is 0 Å². The molecule has 0 unspecified atom stereocenters. The van der Waals surface area contributed by atoms with Crippen molar-refractivity contribution in [2.75, 3.05) is 5.32 Å². The van der Waals surface area contributed by atoms with E-state index in [2.05, 4.69) is 43.3 Å². The van der Waals surface area contributed by atoms with Crippen molar-refractivity contribution in [3.63, 3.8) is 0 Å². The van der Waals surface area contributed by atoms with Gasteiger partial charge in [-0.1, -0.05) is 28.1 Å². The number of rotatable bonds is 3. The van der Waals surface area contributed by atoms with Crippen molar-refractivity contribution < 1.29 is 0 Å². The zero-order valence-electron chi connectivity index (χ0n) is 8.94. The van der Waals surface area contributed by atoms with Crippen LogP contribution in [-0.4, -0.2) is 9.97 Å². The van der Waals surface area contributed by atoms with Crippen molar-refractivity contribution in [1.29, 1.82) is 0 Å². The summed E-state index contributed by atoms with van der Waals surface area (Å²) in [6.07, 6.45) is 1.76. The van der Waals surface area contributed by atoms with Crippen molar-refractivity contribution in [3.05, 3.63) is 52.3 Å². The van der Waals surface area contributed by atoms with Crippen LogP contribution in [0.2, 0.25) is 0 Å². The fourth-order valence-corrected chi connectivity index (χ4v) is 1.58. The molecule has 0 radical (unpaired) electrons. The monoisotopic (exact) mass is 277 g/mol. The van der Waals surface area contributed by atoms with Crippen molar-refractivity contribution in [1.82, 2.24) is 9.97 Å². The minimum Gasteiger partial charge on any atom is -0.350 e. The van der Waals surface area contributed by atoms with E-state index in [-0.39, 0.29) is 0 Å². The predicted molar refractivity (Wildman–Crippen MR) is 68.2 cm³/mol. The van der Waals surface area contributed by atoms with Crippen LogP contribution in [0.4, 0.5) is 5.95 Å². The molecule has 1 aromatic carbocycles. The number of hydrogen-bond donors (Lipinski definition) is 1. The zero-order valence-corrected chi connectivity index (χ0v) is 10.5. The fraction of sp³-hybridized carbons (Fsp3) is 0.167. The van der Waals surface area contributed by atoms with Gasteiger partial charge in [0.1, 0.15) is 0 Å². The molecule has 0 spiro atoms. The molecule has 1 heterocycles. The fourth-order valence-electron chi connectivity index (χ4n) is 1.32. The maximum atomic E-state index is 4.27. The van der Waals surface area contributed by atoms with E-state index in [1.807, 2.05) is 25.1 Å². The molecule has 2 rings (SSSR count). The van der Waals surface area contributed by atoms with E-state index in [0.29, 0.717) is 5.95 Å². The quantitative estimate of drug-likeness (QED) is 0.937. The number of benzene rings is 1. The Morgan fingerprint density at radius 2 is 1.94 bits per heavy atom. The lowest BCUT2D eigenvalue weighted by molar-refractivity contribution is 1.03. The molecule has 0 fully saturated rings. The lowest BCUT2D eigenvalue weighted by Gasteiger charge is -2.05. The highest BCUT2D eigenvalue weighted by Crippen LogP contribution is 2.11. The maximum Gasteiger partial charge on any atom is 0.223 e. The van der Waals surface area contributed by atoms with Crippen LogP contribution >= 0.6 is 15.9 Å². The largest absolute Gasteiger partial charge is 0.350 e. The first-order valence-electron chi connectivity index (χ1n) is 5.02. The Balaban J connectivity index is 1.99. The van der Waals surface area contributed by atoms with Crippen molar-refractivity contribution >= 4 is 21.9 Å². The van der Waals surface area contributed by atoms with E-state index in [1.165, 1.54) is 5.56 Å². The highest BCUT2D eigenvalue weighted by Gasteiger charge is 1.96. The number of aromatic nitrogens is 2. The van der Waals surface area contributed by atoms with Gasteiger partial charge in [-0.15, -0.1) is 0 Å². The van der Waals surface area contributed by atoms with Crippen molar-refractivity contribution in [3.8, 4) is 0 Å². The molecule has 3 nitrogen and oxygen atoms in total. The number of halogens is 1. The highest BCUT2D eigenvalue weighted by molar-refractivity contribution is 9.10. The van der Waals surface area contributed by atoms with E-state index >= 15 is 0 Å². The molecule has 0 aliphatic heterocycles. The predicted octanol–water partition coefficient (Wildman–Crippen LogP) is 3.16. The molecule has 1 aromatic heterocycles.